The molecule has 0 atom stereocenters. The summed E-state index contributed by atoms with van der Waals surface area (Å²) in [6.07, 6.45) is 10.4. The molecule has 1 spiro atoms. The van der Waals surface area contributed by atoms with Crippen LogP contribution in [0.25, 0.3) is 11.3 Å². The summed E-state index contributed by atoms with van der Waals surface area (Å²) in [6.45, 7) is 0.435. The molecule has 0 aliphatic heterocycles. The molecule has 2 aliphatic rings. The van der Waals surface area contributed by atoms with Crippen molar-refractivity contribution in [1.82, 2.24) is 14.5 Å². The van der Waals surface area contributed by atoms with Gasteiger partial charge >= 0.3 is 0 Å². The van der Waals surface area contributed by atoms with Crippen LogP contribution in [0.15, 0.2) is 89.0 Å². The molecule has 0 amide bonds. The maximum atomic E-state index is 14.3. The Balaban J connectivity index is 1.52. The summed E-state index contributed by atoms with van der Waals surface area (Å²) < 4.78 is 1.76. The van der Waals surface area contributed by atoms with E-state index in [1.807, 2.05) is 48.5 Å². The van der Waals surface area contributed by atoms with Crippen LogP contribution in [-0.2, 0) is 18.4 Å². The predicted molar refractivity (Wildman–Crippen MR) is 139 cm³/mol. The molecule has 174 valence electrons. The summed E-state index contributed by atoms with van der Waals surface area (Å²) in [5, 5.41) is 4.42. The number of fused-ring (bicyclic) bond motifs is 4. The van der Waals surface area contributed by atoms with Crippen molar-refractivity contribution in [3.63, 3.8) is 0 Å². The molecular weight excluding hydrogens is 434 g/mol. The van der Waals surface area contributed by atoms with Crippen molar-refractivity contribution < 1.29 is 0 Å². The lowest BCUT2D eigenvalue weighted by Gasteiger charge is -2.36. The Morgan fingerprint density at radius 1 is 0.971 bits per heavy atom. The highest BCUT2D eigenvalue weighted by molar-refractivity contribution is 5.79. The molecule has 2 aromatic carbocycles. The van der Waals surface area contributed by atoms with Crippen molar-refractivity contribution in [2.45, 2.75) is 44.1 Å². The second kappa shape index (κ2) is 8.95. The Morgan fingerprint density at radius 3 is 2.51 bits per heavy atom. The first-order valence-corrected chi connectivity index (χ1v) is 12.2. The number of rotatable bonds is 5. The normalized spacial score (nSPS) is 15.8. The molecule has 35 heavy (non-hydrogen) atoms. The fourth-order valence-corrected chi connectivity index (χ4v) is 5.68. The van der Waals surface area contributed by atoms with Gasteiger partial charge in [-0.15, -0.1) is 0 Å². The van der Waals surface area contributed by atoms with Gasteiger partial charge in [-0.25, -0.2) is 10.4 Å². The summed E-state index contributed by atoms with van der Waals surface area (Å²) in [5.41, 5.74) is 8.98. The molecule has 1 saturated carbocycles. The van der Waals surface area contributed by atoms with E-state index >= 15 is 0 Å². The number of nitrogens with zero attached hydrogens (tertiary/aromatic N) is 4. The maximum absolute atomic E-state index is 14.3. The number of hydrazone groups is 1. The number of benzene rings is 2. The summed E-state index contributed by atoms with van der Waals surface area (Å²) in [5.74, 6) is 0.452. The van der Waals surface area contributed by atoms with Gasteiger partial charge in [0.15, 0.2) is 0 Å². The standard InChI is InChI=1S/C29H27N5O/c35-27-25-26(24-11-5-4-10-23(24)18-29(25)14-6-7-15-29)32-28(33-31-19-21-12-16-30-17-13-21)34(27)20-22-8-2-1-3-9-22/h1-5,8-13,16-17,19H,6-7,14-15,18,20H2,(H,32,33). The molecule has 2 aliphatic carbocycles. The Morgan fingerprint density at radius 2 is 1.71 bits per heavy atom. The molecule has 0 bridgehead atoms. The van der Waals surface area contributed by atoms with Crippen molar-refractivity contribution >= 4 is 12.2 Å². The van der Waals surface area contributed by atoms with Crippen molar-refractivity contribution in [1.29, 1.82) is 0 Å². The van der Waals surface area contributed by atoms with Crippen LogP contribution < -0.4 is 11.0 Å². The molecule has 6 nitrogen and oxygen atoms in total. The predicted octanol–water partition coefficient (Wildman–Crippen LogP) is 5.17. The van der Waals surface area contributed by atoms with Crippen molar-refractivity contribution in [2.24, 2.45) is 5.10 Å². The molecule has 4 aromatic rings. The highest BCUT2D eigenvalue weighted by atomic mass is 16.1. The lowest BCUT2D eigenvalue weighted by Crippen LogP contribution is -2.40. The smallest absolute Gasteiger partial charge is 0.259 e. The molecule has 1 N–H and O–H groups in total. The topological polar surface area (TPSA) is 72.2 Å². The van der Waals surface area contributed by atoms with E-state index < -0.39 is 0 Å². The fraction of sp³-hybridized carbons (Fsp3) is 0.241. The Kier molecular flexibility index (Phi) is 5.49. The molecular formula is C29H27N5O. The van der Waals surface area contributed by atoms with E-state index in [0.717, 1.165) is 60.1 Å². The fourth-order valence-electron chi connectivity index (χ4n) is 5.68. The largest absolute Gasteiger partial charge is 0.273 e. The van der Waals surface area contributed by atoms with E-state index in [9.17, 15) is 4.79 Å². The van der Waals surface area contributed by atoms with Crippen LogP contribution in [0.3, 0.4) is 0 Å². The van der Waals surface area contributed by atoms with E-state index in [1.54, 1.807) is 23.2 Å². The molecule has 0 radical (unpaired) electrons. The number of nitrogens with one attached hydrogen (secondary N) is 1. The van der Waals surface area contributed by atoms with Gasteiger partial charge in [-0.3, -0.25) is 14.3 Å². The van der Waals surface area contributed by atoms with E-state index in [-0.39, 0.29) is 11.0 Å². The van der Waals surface area contributed by atoms with Gasteiger partial charge < -0.3 is 0 Å². The molecule has 6 heteroatoms. The third-order valence-electron chi connectivity index (χ3n) is 7.33. The second-order valence-corrected chi connectivity index (χ2v) is 9.51. The monoisotopic (exact) mass is 461 g/mol. The van der Waals surface area contributed by atoms with Gasteiger partial charge in [-0.2, -0.15) is 5.10 Å². The van der Waals surface area contributed by atoms with Crippen LogP contribution in [-0.4, -0.2) is 20.7 Å². The molecule has 1 fully saturated rings. The highest BCUT2D eigenvalue weighted by Gasteiger charge is 2.44. The van der Waals surface area contributed by atoms with Gasteiger partial charge in [0, 0.05) is 23.4 Å². The van der Waals surface area contributed by atoms with Crippen molar-refractivity contribution in [2.75, 3.05) is 5.43 Å². The molecule has 0 unspecified atom stereocenters. The SMILES string of the molecule is O=c1c2c(nc(NN=Cc3ccncc3)n1Cc1ccccc1)-c1ccccc1CC21CCCC1. The number of anilines is 1. The van der Waals surface area contributed by atoms with Crippen LogP contribution in [0, 0.1) is 0 Å². The first-order valence-electron chi connectivity index (χ1n) is 12.2. The summed E-state index contributed by atoms with van der Waals surface area (Å²) in [6, 6.07) is 22.2. The first kappa shape index (κ1) is 21.5. The number of pyridine rings is 1. The van der Waals surface area contributed by atoms with Gasteiger partial charge in [0.05, 0.1) is 24.0 Å². The quantitative estimate of drug-likeness (QED) is 0.329. The molecule has 6 rings (SSSR count). The number of hydrogen-bond acceptors (Lipinski definition) is 5. The third kappa shape index (κ3) is 3.95. The van der Waals surface area contributed by atoms with Crippen LogP contribution in [0.2, 0.25) is 0 Å². The molecule has 2 heterocycles. The van der Waals surface area contributed by atoms with Gasteiger partial charge in [-0.05, 0) is 48.1 Å². The van der Waals surface area contributed by atoms with E-state index in [4.69, 9.17) is 4.98 Å². The van der Waals surface area contributed by atoms with Crippen LogP contribution in [0.4, 0.5) is 5.95 Å². The zero-order valence-electron chi connectivity index (χ0n) is 19.5. The van der Waals surface area contributed by atoms with Crippen molar-refractivity contribution in [3.05, 3.63) is 112 Å². The average molecular weight is 462 g/mol. The van der Waals surface area contributed by atoms with Crippen LogP contribution >= 0.6 is 0 Å². The van der Waals surface area contributed by atoms with E-state index in [0.29, 0.717) is 12.5 Å². The maximum Gasteiger partial charge on any atom is 0.259 e. The minimum Gasteiger partial charge on any atom is -0.273 e. The second-order valence-electron chi connectivity index (χ2n) is 9.51. The van der Waals surface area contributed by atoms with Gasteiger partial charge in [0.2, 0.25) is 5.95 Å². The van der Waals surface area contributed by atoms with Gasteiger partial charge in [0.25, 0.3) is 5.56 Å². The van der Waals surface area contributed by atoms with Crippen molar-refractivity contribution in [3.8, 4) is 11.3 Å². The number of aromatic nitrogens is 3. The molecule has 2 aromatic heterocycles. The highest BCUT2D eigenvalue weighted by Crippen LogP contribution is 2.49. The Labute approximate surface area is 204 Å². The van der Waals surface area contributed by atoms with E-state index in [2.05, 4.69) is 33.7 Å². The lowest BCUT2D eigenvalue weighted by molar-refractivity contribution is 0.422. The number of hydrogen-bond donors (Lipinski definition) is 1. The Hall–Kier alpha value is -4.06. The molecule has 0 saturated heterocycles. The Bertz CT molecular complexity index is 1440. The third-order valence-corrected chi connectivity index (χ3v) is 7.33. The first-order chi connectivity index (χ1) is 17.2. The van der Waals surface area contributed by atoms with Crippen LogP contribution in [0.5, 0.6) is 0 Å². The van der Waals surface area contributed by atoms with E-state index in [1.165, 1.54) is 5.56 Å². The van der Waals surface area contributed by atoms with Gasteiger partial charge in [0.1, 0.15) is 0 Å². The lowest BCUT2D eigenvalue weighted by atomic mass is 9.68. The van der Waals surface area contributed by atoms with Crippen LogP contribution in [0.1, 0.15) is 47.9 Å². The minimum absolute atomic E-state index is 0.0388. The zero-order chi connectivity index (χ0) is 23.7. The average Bonchev–Trinajstić information content (AvgIpc) is 3.35. The summed E-state index contributed by atoms with van der Waals surface area (Å²) >= 11 is 0. The summed E-state index contributed by atoms with van der Waals surface area (Å²) in [4.78, 5) is 23.4. The summed E-state index contributed by atoms with van der Waals surface area (Å²) in [7, 11) is 0. The van der Waals surface area contributed by atoms with Gasteiger partial charge in [-0.1, -0.05) is 67.4 Å². The zero-order valence-corrected chi connectivity index (χ0v) is 19.5. The minimum atomic E-state index is -0.134.